The molecule has 0 fully saturated rings. The van der Waals surface area contributed by atoms with Crippen molar-refractivity contribution in [3.05, 3.63) is 53.3 Å². The molecule has 1 heteroatoms. The van der Waals surface area contributed by atoms with Gasteiger partial charge < -0.3 is 0 Å². The molecule has 0 aliphatic carbocycles. The molecule has 66 valence electrons. The summed E-state index contributed by atoms with van der Waals surface area (Å²) in [6.07, 6.45) is 0. The van der Waals surface area contributed by atoms with Crippen LogP contribution < -0.4 is 0 Å². The van der Waals surface area contributed by atoms with Crippen molar-refractivity contribution < 1.29 is 0 Å². The lowest BCUT2D eigenvalue weighted by Gasteiger charge is -2.04. The first kappa shape index (κ1) is 7.89. The molecule has 0 amide bonds. The van der Waals surface area contributed by atoms with Gasteiger partial charge in [-0.05, 0) is 36.2 Å². The molecule has 0 aromatic heterocycles. The van der Waals surface area contributed by atoms with Crippen molar-refractivity contribution >= 4 is 31.4 Å². The maximum Gasteiger partial charge on any atom is -0.00372 e. The number of hydrogen-bond donors (Lipinski definition) is 0. The highest BCUT2D eigenvalue weighted by Crippen LogP contribution is 2.26. The van der Waals surface area contributed by atoms with E-state index in [4.69, 9.17) is 0 Å². The van der Waals surface area contributed by atoms with Gasteiger partial charge >= 0.3 is 0 Å². The molecule has 3 aromatic carbocycles. The fourth-order valence-corrected chi connectivity index (χ4v) is 2.47. The van der Waals surface area contributed by atoms with Gasteiger partial charge in [-0.2, -0.15) is 0 Å². The second kappa shape index (κ2) is 2.76. The number of rotatable bonds is 0. The Morgan fingerprint density at radius 2 is 1.36 bits per heavy atom. The summed E-state index contributed by atoms with van der Waals surface area (Å²) in [7, 11) is 1.96. The van der Waals surface area contributed by atoms with E-state index < -0.39 is 0 Å². The molecule has 0 aliphatic rings. The average Bonchev–Trinajstić information content (AvgIpc) is 2.24. The molecule has 0 heterocycles. The predicted octanol–water partition coefficient (Wildman–Crippen LogP) is 2.60. The molecule has 3 aromatic rings. The van der Waals surface area contributed by atoms with Crippen molar-refractivity contribution in [2.24, 2.45) is 0 Å². The predicted molar refractivity (Wildman–Crippen MR) is 64.4 cm³/mol. The first-order valence-electron chi connectivity index (χ1n) is 4.75. The fourth-order valence-electron chi connectivity index (χ4n) is 2.06. The molecule has 14 heavy (non-hydrogen) atoms. The number of hydrogen-bond acceptors (Lipinski definition) is 0. The molecule has 0 nitrogen and oxygen atoms in total. The zero-order chi connectivity index (χ0) is 9.54. The van der Waals surface area contributed by atoms with E-state index in [0.29, 0.717) is 0 Å². The molecule has 0 aliphatic heterocycles. The van der Waals surface area contributed by atoms with Gasteiger partial charge in [0.25, 0.3) is 0 Å². The van der Waals surface area contributed by atoms with Crippen LogP contribution in [0.15, 0.2) is 48.5 Å². The van der Waals surface area contributed by atoms with Crippen molar-refractivity contribution in [3.8, 4) is 0 Å². The first-order valence-corrected chi connectivity index (χ1v) is 5.46. The van der Waals surface area contributed by atoms with Gasteiger partial charge in [-0.1, -0.05) is 48.5 Å². The Labute approximate surface area is 85.2 Å². The van der Waals surface area contributed by atoms with Crippen LogP contribution in [0.5, 0.6) is 0 Å². The minimum Gasteiger partial charge on any atom is -0.0610 e. The van der Waals surface area contributed by atoms with Gasteiger partial charge in [0, 0.05) is 0 Å². The van der Waals surface area contributed by atoms with E-state index in [1.807, 2.05) is 9.85 Å². The highest BCUT2D eigenvalue weighted by Gasteiger charge is 1.99. The zero-order valence-corrected chi connectivity index (χ0v) is 9.24. The minimum absolute atomic E-state index is 1.34. The van der Waals surface area contributed by atoms with Crippen LogP contribution in [0.2, 0.25) is 0 Å². The summed E-state index contributed by atoms with van der Waals surface area (Å²) < 4.78 is 0. The third kappa shape index (κ3) is 0.961. The Balaban J connectivity index is 2.79. The molecule has 0 saturated heterocycles. The number of benzene rings is 3. The van der Waals surface area contributed by atoms with Crippen LogP contribution in [-0.2, 0) is 0 Å². The maximum absolute atomic E-state index is 2.21. The smallest absolute Gasteiger partial charge is 0.00372 e. The largest absolute Gasteiger partial charge is 0.0610 e. The van der Waals surface area contributed by atoms with Crippen LogP contribution >= 0.6 is 0 Å². The molecule has 0 radical (unpaired) electrons. The molecule has 0 spiro atoms. The van der Waals surface area contributed by atoms with Gasteiger partial charge in [-0.25, -0.2) is 0 Å². The second-order valence-corrected chi connectivity index (χ2v) is 4.37. The maximum atomic E-state index is 2.21. The Morgan fingerprint density at radius 1 is 0.714 bits per heavy atom. The van der Waals surface area contributed by atoms with Gasteiger partial charge in [-0.3, -0.25) is 0 Å². The molecular weight excluding hydrogens is 184 g/mol. The van der Waals surface area contributed by atoms with E-state index in [1.165, 1.54) is 26.4 Å². The fraction of sp³-hybridized carbons (Fsp3) is 0. The minimum atomic E-state index is 1.34. The second-order valence-electron chi connectivity index (χ2n) is 3.61. The molecule has 0 bridgehead atoms. The van der Waals surface area contributed by atoms with Crippen molar-refractivity contribution in [1.82, 2.24) is 0 Å². The Bertz CT molecular complexity index is 632. The highest BCUT2D eigenvalue weighted by molar-refractivity contribution is 6.15. The van der Waals surface area contributed by atoms with Crippen molar-refractivity contribution in [2.45, 2.75) is 0 Å². The monoisotopic (exact) mass is 194 g/mol. The summed E-state index contributed by atoms with van der Waals surface area (Å²) in [5.41, 5.74) is 0. The molecule has 0 saturated carbocycles. The summed E-state index contributed by atoms with van der Waals surface area (Å²) in [4.78, 5) is 1.38. The van der Waals surface area contributed by atoms with E-state index in [2.05, 4.69) is 48.5 Å². The van der Waals surface area contributed by atoms with Crippen LogP contribution in [0.1, 0.15) is 0 Å². The zero-order valence-electron chi connectivity index (χ0n) is 7.83. The summed E-state index contributed by atoms with van der Waals surface area (Å²) in [5, 5.41) is 5.48. The summed E-state index contributed by atoms with van der Waals surface area (Å²) in [6, 6.07) is 17.4. The van der Waals surface area contributed by atoms with E-state index in [-0.39, 0.29) is 0 Å². The van der Waals surface area contributed by atoms with E-state index >= 15 is 0 Å². The molecule has 0 unspecified atom stereocenters. The van der Waals surface area contributed by atoms with Gasteiger partial charge in [0.05, 0.1) is 0 Å². The van der Waals surface area contributed by atoms with E-state index in [9.17, 15) is 0 Å². The Hall–Kier alpha value is -1.47. The van der Waals surface area contributed by atoms with E-state index in [1.54, 1.807) is 0 Å². The van der Waals surface area contributed by atoms with Gasteiger partial charge in [-0.15, -0.1) is 0 Å². The lowest BCUT2D eigenvalue weighted by Crippen LogP contribution is -1.80. The van der Waals surface area contributed by atoms with Crippen LogP contribution in [0.4, 0.5) is 0 Å². The van der Waals surface area contributed by atoms with Crippen LogP contribution in [0.25, 0.3) is 21.5 Å². The SMILES string of the molecule is [SiH2]=c1ccc2cccc3cccc1c32. The quantitative estimate of drug-likeness (QED) is 0.483. The van der Waals surface area contributed by atoms with Crippen molar-refractivity contribution in [1.29, 1.82) is 0 Å². The average molecular weight is 194 g/mol. The standard InChI is InChI=1S/C13H10Si/c14-12-8-7-10-4-1-3-9-5-2-6-11(12)13(9)10/h1-8H,14H2. The Morgan fingerprint density at radius 3 is 2.14 bits per heavy atom. The lowest BCUT2D eigenvalue weighted by atomic mass is 10.0. The van der Waals surface area contributed by atoms with Gasteiger partial charge in [0.2, 0.25) is 0 Å². The van der Waals surface area contributed by atoms with Crippen LogP contribution in [0.3, 0.4) is 0 Å². The third-order valence-electron chi connectivity index (χ3n) is 2.75. The molecular formula is C13H10Si. The normalized spacial score (nSPS) is 11.1. The van der Waals surface area contributed by atoms with E-state index in [0.717, 1.165) is 0 Å². The van der Waals surface area contributed by atoms with Gasteiger partial charge in [0.15, 0.2) is 0 Å². The topological polar surface area (TPSA) is 0 Å². The van der Waals surface area contributed by atoms with Crippen molar-refractivity contribution in [2.75, 3.05) is 0 Å². The van der Waals surface area contributed by atoms with Crippen molar-refractivity contribution in [3.63, 3.8) is 0 Å². The molecule has 0 atom stereocenters. The summed E-state index contributed by atoms with van der Waals surface area (Å²) in [5.74, 6) is 0. The third-order valence-corrected chi connectivity index (χ3v) is 3.36. The van der Waals surface area contributed by atoms with Crippen LogP contribution in [-0.4, -0.2) is 9.85 Å². The lowest BCUT2D eigenvalue weighted by molar-refractivity contribution is 1.74. The first-order chi connectivity index (χ1) is 6.86. The summed E-state index contributed by atoms with van der Waals surface area (Å²) >= 11 is 0. The molecule has 0 N–H and O–H groups in total. The summed E-state index contributed by atoms with van der Waals surface area (Å²) in [6.45, 7) is 0. The highest BCUT2D eigenvalue weighted by atomic mass is 28.1. The molecule has 3 rings (SSSR count). The Kier molecular flexibility index (Phi) is 1.55. The van der Waals surface area contributed by atoms with Crippen LogP contribution in [0, 0.1) is 4.81 Å². The van der Waals surface area contributed by atoms with Gasteiger partial charge in [0.1, 0.15) is 0 Å².